The van der Waals surface area contributed by atoms with Crippen molar-refractivity contribution in [1.29, 1.82) is 0 Å². The lowest BCUT2D eigenvalue weighted by molar-refractivity contribution is -0.137. The molecule has 0 aliphatic heterocycles. The molecule has 2 N–H and O–H groups in total. The van der Waals surface area contributed by atoms with E-state index in [9.17, 15) is 18.3 Å². The highest BCUT2D eigenvalue weighted by Gasteiger charge is 2.33. The standard InChI is InChI=1S/C15H13F3O2/c16-15(17,18)13-4-2-1-3-11(13)12-9-10(7-8-19)5-6-14(12)20/h1-6,9,19-20H,7-8H2. The minimum Gasteiger partial charge on any atom is -0.507 e. The molecule has 0 aliphatic rings. The normalized spacial score (nSPS) is 11.6. The number of phenolic OH excluding ortho intramolecular Hbond substituents is 1. The summed E-state index contributed by atoms with van der Waals surface area (Å²) in [5.41, 5.74) is -0.0881. The number of rotatable bonds is 3. The summed E-state index contributed by atoms with van der Waals surface area (Å²) >= 11 is 0. The molecule has 0 amide bonds. The van der Waals surface area contributed by atoms with Crippen LogP contribution in [0.2, 0.25) is 0 Å². The maximum atomic E-state index is 13.0. The van der Waals surface area contributed by atoms with E-state index in [1.807, 2.05) is 0 Å². The molecule has 0 atom stereocenters. The van der Waals surface area contributed by atoms with Crippen LogP contribution in [-0.4, -0.2) is 16.8 Å². The third-order valence-electron chi connectivity index (χ3n) is 2.98. The molecule has 0 aliphatic carbocycles. The molecule has 0 spiro atoms. The Kier molecular flexibility index (Phi) is 3.99. The van der Waals surface area contributed by atoms with Gasteiger partial charge in [0.05, 0.1) is 5.56 Å². The molecule has 106 valence electrons. The van der Waals surface area contributed by atoms with E-state index in [0.717, 1.165) is 6.07 Å². The van der Waals surface area contributed by atoms with Crippen LogP contribution in [0.3, 0.4) is 0 Å². The summed E-state index contributed by atoms with van der Waals surface area (Å²) in [5, 5.41) is 18.7. The smallest absolute Gasteiger partial charge is 0.417 e. The summed E-state index contributed by atoms with van der Waals surface area (Å²) in [7, 11) is 0. The van der Waals surface area contributed by atoms with Crippen molar-refractivity contribution in [3.05, 3.63) is 53.6 Å². The van der Waals surface area contributed by atoms with Crippen molar-refractivity contribution >= 4 is 0 Å². The van der Waals surface area contributed by atoms with E-state index in [-0.39, 0.29) is 23.5 Å². The topological polar surface area (TPSA) is 40.5 Å². The van der Waals surface area contributed by atoms with Crippen LogP contribution >= 0.6 is 0 Å². The second-order valence-corrected chi connectivity index (χ2v) is 4.37. The Balaban J connectivity index is 2.59. The van der Waals surface area contributed by atoms with Crippen molar-refractivity contribution in [1.82, 2.24) is 0 Å². The van der Waals surface area contributed by atoms with Crippen LogP contribution in [0.25, 0.3) is 11.1 Å². The van der Waals surface area contributed by atoms with Gasteiger partial charge in [-0.1, -0.05) is 24.3 Å². The van der Waals surface area contributed by atoms with Gasteiger partial charge in [-0.05, 0) is 35.7 Å². The SMILES string of the molecule is OCCc1ccc(O)c(-c2ccccc2C(F)(F)F)c1. The second-order valence-electron chi connectivity index (χ2n) is 4.37. The first-order chi connectivity index (χ1) is 9.43. The number of benzene rings is 2. The molecule has 0 saturated heterocycles. The number of alkyl halides is 3. The molecule has 0 unspecified atom stereocenters. The van der Waals surface area contributed by atoms with Crippen LogP contribution in [0.15, 0.2) is 42.5 Å². The summed E-state index contributed by atoms with van der Waals surface area (Å²) in [6.07, 6.45) is -4.17. The summed E-state index contributed by atoms with van der Waals surface area (Å²) < 4.78 is 39.0. The zero-order valence-electron chi connectivity index (χ0n) is 10.5. The lowest BCUT2D eigenvalue weighted by Crippen LogP contribution is -2.07. The molecule has 20 heavy (non-hydrogen) atoms. The van der Waals surface area contributed by atoms with Gasteiger partial charge >= 0.3 is 6.18 Å². The Labute approximate surface area is 114 Å². The quantitative estimate of drug-likeness (QED) is 0.902. The molecule has 0 saturated carbocycles. The minimum atomic E-state index is -4.49. The number of aliphatic hydroxyl groups excluding tert-OH is 1. The molecule has 2 rings (SSSR count). The van der Waals surface area contributed by atoms with Gasteiger partial charge in [0.25, 0.3) is 0 Å². The number of aromatic hydroxyl groups is 1. The summed E-state index contributed by atoms with van der Waals surface area (Å²) in [6, 6.07) is 9.48. The average molecular weight is 282 g/mol. The Hall–Kier alpha value is -2.01. The van der Waals surface area contributed by atoms with Crippen LogP contribution < -0.4 is 0 Å². The number of hydrogen-bond donors (Lipinski definition) is 2. The van der Waals surface area contributed by atoms with Gasteiger partial charge in [-0.25, -0.2) is 0 Å². The Morgan fingerprint density at radius 3 is 2.30 bits per heavy atom. The summed E-state index contributed by atoms with van der Waals surface area (Å²) in [4.78, 5) is 0. The first kappa shape index (κ1) is 14.4. The van der Waals surface area contributed by atoms with Gasteiger partial charge in [0.2, 0.25) is 0 Å². The Morgan fingerprint density at radius 2 is 1.65 bits per heavy atom. The van der Waals surface area contributed by atoms with Crippen LogP contribution in [-0.2, 0) is 12.6 Å². The van der Waals surface area contributed by atoms with Gasteiger partial charge in [-0.15, -0.1) is 0 Å². The highest BCUT2D eigenvalue weighted by molar-refractivity contribution is 5.74. The van der Waals surface area contributed by atoms with E-state index in [0.29, 0.717) is 12.0 Å². The van der Waals surface area contributed by atoms with Crippen molar-refractivity contribution in [2.45, 2.75) is 12.6 Å². The van der Waals surface area contributed by atoms with Crippen LogP contribution in [0.1, 0.15) is 11.1 Å². The largest absolute Gasteiger partial charge is 0.507 e. The van der Waals surface area contributed by atoms with Crippen molar-refractivity contribution < 1.29 is 23.4 Å². The highest BCUT2D eigenvalue weighted by atomic mass is 19.4. The van der Waals surface area contributed by atoms with Crippen molar-refractivity contribution in [3.63, 3.8) is 0 Å². The minimum absolute atomic E-state index is 0.0720. The molecular weight excluding hydrogens is 269 g/mol. The van der Waals surface area contributed by atoms with Crippen molar-refractivity contribution in [2.75, 3.05) is 6.61 Å². The van der Waals surface area contributed by atoms with Gasteiger partial charge < -0.3 is 10.2 Å². The van der Waals surface area contributed by atoms with E-state index < -0.39 is 11.7 Å². The lowest BCUT2D eigenvalue weighted by atomic mass is 9.96. The zero-order chi connectivity index (χ0) is 14.8. The molecule has 0 radical (unpaired) electrons. The van der Waals surface area contributed by atoms with Crippen molar-refractivity contribution in [2.24, 2.45) is 0 Å². The number of aliphatic hydroxyl groups is 1. The first-order valence-corrected chi connectivity index (χ1v) is 6.03. The Morgan fingerprint density at radius 1 is 0.950 bits per heavy atom. The van der Waals surface area contributed by atoms with Crippen molar-refractivity contribution in [3.8, 4) is 16.9 Å². The van der Waals surface area contributed by atoms with E-state index in [4.69, 9.17) is 5.11 Å². The average Bonchev–Trinajstić information content (AvgIpc) is 2.40. The molecule has 0 aromatic heterocycles. The third-order valence-corrected chi connectivity index (χ3v) is 2.98. The van der Waals surface area contributed by atoms with Gasteiger partial charge in [0.1, 0.15) is 5.75 Å². The number of hydrogen-bond acceptors (Lipinski definition) is 2. The summed E-state index contributed by atoms with van der Waals surface area (Å²) in [6.45, 7) is -0.106. The maximum Gasteiger partial charge on any atom is 0.417 e. The fraction of sp³-hybridized carbons (Fsp3) is 0.200. The van der Waals surface area contributed by atoms with Crippen LogP contribution in [0.4, 0.5) is 13.2 Å². The molecule has 0 bridgehead atoms. The van der Waals surface area contributed by atoms with E-state index >= 15 is 0 Å². The van der Waals surface area contributed by atoms with Gasteiger partial charge in [0.15, 0.2) is 0 Å². The zero-order valence-corrected chi connectivity index (χ0v) is 10.5. The van der Waals surface area contributed by atoms with E-state index in [2.05, 4.69) is 0 Å². The third kappa shape index (κ3) is 2.93. The Bertz CT molecular complexity index is 606. The number of halogens is 3. The number of phenols is 1. The monoisotopic (exact) mass is 282 g/mol. The molecule has 0 fully saturated rings. The fourth-order valence-electron chi connectivity index (χ4n) is 2.05. The maximum absolute atomic E-state index is 13.0. The van der Waals surface area contributed by atoms with Gasteiger partial charge in [-0.2, -0.15) is 13.2 Å². The molecule has 5 heteroatoms. The lowest BCUT2D eigenvalue weighted by Gasteiger charge is -2.14. The van der Waals surface area contributed by atoms with E-state index in [1.165, 1.54) is 30.3 Å². The first-order valence-electron chi connectivity index (χ1n) is 6.03. The molecular formula is C15H13F3O2. The van der Waals surface area contributed by atoms with E-state index in [1.54, 1.807) is 6.07 Å². The molecule has 2 aromatic rings. The predicted octanol–water partition coefficient (Wildman–Crippen LogP) is 3.61. The molecule has 0 heterocycles. The highest BCUT2D eigenvalue weighted by Crippen LogP contribution is 2.40. The predicted molar refractivity (Wildman–Crippen MR) is 69.3 cm³/mol. The van der Waals surface area contributed by atoms with Crippen LogP contribution in [0.5, 0.6) is 5.75 Å². The fourth-order valence-corrected chi connectivity index (χ4v) is 2.05. The second kappa shape index (κ2) is 5.54. The van der Waals surface area contributed by atoms with Gasteiger partial charge in [-0.3, -0.25) is 0 Å². The molecule has 2 nitrogen and oxygen atoms in total. The summed E-state index contributed by atoms with van der Waals surface area (Å²) in [5.74, 6) is -0.219. The molecule has 2 aromatic carbocycles. The van der Waals surface area contributed by atoms with Crippen LogP contribution in [0, 0.1) is 0 Å². The van der Waals surface area contributed by atoms with Gasteiger partial charge in [0, 0.05) is 12.2 Å².